The molecule has 0 aliphatic carbocycles. The van der Waals surface area contributed by atoms with E-state index in [-0.39, 0.29) is 0 Å². The molecule has 0 saturated heterocycles. The van der Waals surface area contributed by atoms with Gasteiger partial charge >= 0.3 is 0 Å². The molecule has 0 aliphatic rings. The third kappa shape index (κ3) is 1.88. The highest BCUT2D eigenvalue weighted by atomic mass is 15.1. The molecule has 1 aromatic carbocycles. The summed E-state index contributed by atoms with van der Waals surface area (Å²) < 4.78 is 0. The number of hydrogen-bond donors (Lipinski definition) is 3. The summed E-state index contributed by atoms with van der Waals surface area (Å²) in [4.78, 5) is 0. The number of nitrogens with one attached hydrogen (secondary N) is 2. The van der Waals surface area contributed by atoms with Crippen LogP contribution < -0.4 is 11.1 Å². The second-order valence-corrected chi connectivity index (χ2v) is 3.85. The Kier molecular flexibility index (Phi) is 2.49. The van der Waals surface area contributed by atoms with Gasteiger partial charge in [-0.1, -0.05) is 6.92 Å². The van der Waals surface area contributed by atoms with Crippen LogP contribution in [0.2, 0.25) is 0 Å². The van der Waals surface area contributed by atoms with Gasteiger partial charge in [0.05, 0.1) is 23.1 Å². The van der Waals surface area contributed by atoms with Crippen molar-refractivity contribution >= 4 is 22.3 Å². The molecule has 4 heteroatoms. The number of anilines is 2. The van der Waals surface area contributed by atoms with Gasteiger partial charge in [0.15, 0.2) is 0 Å². The molecule has 4 nitrogen and oxygen atoms in total. The van der Waals surface area contributed by atoms with Crippen LogP contribution >= 0.6 is 0 Å². The third-order valence-electron chi connectivity index (χ3n) is 2.62. The molecular formula is C11H16N4. The molecule has 4 N–H and O–H groups in total. The topological polar surface area (TPSA) is 66.7 Å². The lowest BCUT2D eigenvalue weighted by Crippen LogP contribution is -2.14. The number of hydrogen-bond acceptors (Lipinski definition) is 3. The van der Waals surface area contributed by atoms with Gasteiger partial charge in [0.2, 0.25) is 0 Å². The van der Waals surface area contributed by atoms with Crippen LogP contribution in [0.15, 0.2) is 18.3 Å². The Morgan fingerprint density at radius 1 is 1.53 bits per heavy atom. The number of nitrogens with zero attached hydrogens (tertiary/aromatic N) is 1. The van der Waals surface area contributed by atoms with Gasteiger partial charge in [-0.2, -0.15) is 5.10 Å². The van der Waals surface area contributed by atoms with Crippen LogP contribution in [0, 0.1) is 0 Å². The van der Waals surface area contributed by atoms with Gasteiger partial charge in [-0.15, -0.1) is 0 Å². The minimum Gasteiger partial charge on any atom is -0.397 e. The minimum absolute atomic E-state index is 0.424. The minimum atomic E-state index is 0.424. The van der Waals surface area contributed by atoms with Crippen LogP contribution in [0.3, 0.4) is 0 Å². The number of aromatic nitrogens is 2. The lowest BCUT2D eigenvalue weighted by molar-refractivity contribution is 0.764. The standard InChI is InChI=1S/C11H16N4/c1-3-7(2)14-11-5-10-8(4-9(11)12)6-13-15-10/h4-7,14H,3,12H2,1-2H3,(H,13,15). The van der Waals surface area contributed by atoms with Crippen LogP contribution in [0.1, 0.15) is 20.3 Å². The summed E-state index contributed by atoms with van der Waals surface area (Å²) in [6, 6.07) is 4.36. The van der Waals surface area contributed by atoms with E-state index in [1.807, 2.05) is 12.1 Å². The number of H-pyrrole nitrogens is 1. The van der Waals surface area contributed by atoms with Crippen LogP contribution in [-0.2, 0) is 0 Å². The summed E-state index contributed by atoms with van der Waals surface area (Å²) in [6.07, 6.45) is 2.85. The van der Waals surface area contributed by atoms with Gasteiger partial charge < -0.3 is 11.1 Å². The first-order valence-corrected chi connectivity index (χ1v) is 5.20. The Morgan fingerprint density at radius 2 is 2.33 bits per heavy atom. The van der Waals surface area contributed by atoms with Crippen molar-refractivity contribution < 1.29 is 0 Å². The van der Waals surface area contributed by atoms with E-state index in [4.69, 9.17) is 5.73 Å². The Bertz CT molecular complexity index is 461. The maximum absolute atomic E-state index is 5.94. The number of nitrogen functional groups attached to an aromatic ring is 1. The first-order valence-electron chi connectivity index (χ1n) is 5.20. The van der Waals surface area contributed by atoms with Gasteiger partial charge in [-0.25, -0.2) is 0 Å². The summed E-state index contributed by atoms with van der Waals surface area (Å²) in [7, 11) is 0. The highest BCUT2D eigenvalue weighted by Gasteiger charge is 2.05. The molecule has 0 spiro atoms. The third-order valence-corrected chi connectivity index (χ3v) is 2.62. The van der Waals surface area contributed by atoms with E-state index in [1.165, 1.54) is 0 Å². The van der Waals surface area contributed by atoms with Crippen molar-refractivity contribution in [3.05, 3.63) is 18.3 Å². The fraction of sp³-hybridized carbons (Fsp3) is 0.364. The van der Waals surface area contributed by atoms with E-state index in [0.29, 0.717) is 6.04 Å². The molecule has 0 amide bonds. The zero-order chi connectivity index (χ0) is 10.8. The zero-order valence-electron chi connectivity index (χ0n) is 9.04. The van der Waals surface area contributed by atoms with Gasteiger partial charge in [0.25, 0.3) is 0 Å². The predicted molar refractivity (Wildman–Crippen MR) is 63.9 cm³/mol. The van der Waals surface area contributed by atoms with E-state index < -0.39 is 0 Å². The first kappa shape index (κ1) is 9.83. The maximum atomic E-state index is 5.94. The Morgan fingerprint density at radius 3 is 3.07 bits per heavy atom. The van der Waals surface area contributed by atoms with E-state index in [9.17, 15) is 0 Å². The first-order chi connectivity index (χ1) is 7.20. The average Bonchev–Trinajstić information content (AvgIpc) is 2.65. The van der Waals surface area contributed by atoms with Gasteiger partial charge in [-0.3, -0.25) is 5.10 Å². The lowest BCUT2D eigenvalue weighted by atomic mass is 10.2. The fourth-order valence-corrected chi connectivity index (χ4v) is 1.50. The summed E-state index contributed by atoms with van der Waals surface area (Å²) in [5.41, 5.74) is 8.69. The monoisotopic (exact) mass is 204 g/mol. The van der Waals surface area contributed by atoms with Crippen molar-refractivity contribution in [1.29, 1.82) is 0 Å². The molecule has 0 aliphatic heterocycles. The fourth-order valence-electron chi connectivity index (χ4n) is 1.50. The van der Waals surface area contributed by atoms with E-state index in [2.05, 4.69) is 29.4 Å². The van der Waals surface area contributed by atoms with Crippen molar-refractivity contribution in [2.24, 2.45) is 0 Å². The lowest BCUT2D eigenvalue weighted by Gasteiger charge is -2.14. The Labute approximate surface area is 88.9 Å². The zero-order valence-corrected chi connectivity index (χ0v) is 9.04. The molecule has 2 aromatic rings. The van der Waals surface area contributed by atoms with Crippen molar-refractivity contribution in [3.63, 3.8) is 0 Å². The highest BCUT2D eigenvalue weighted by Crippen LogP contribution is 2.25. The number of fused-ring (bicyclic) bond motifs is 1. The summed E-state index contributed by atoms with van der Waals surface area (Å²) in [5.74, 6) is 0. The summed E-state index contributed by atoms with van der Waals surface area (Å²) in [5, 5.41) is 11.3. The highest BCUT2D eigenvalue weighted by molar-refractivity contribution is 5.88. The van der Waals surface area contributed by atoms with Crippen molar-refractivity contribution in [1.82, 2.24) is 10.2 Å². The molecule has 0 radical (unpaired) electrons. The number of aromatic amines is 1. The molecule has 1 unspecified atom stereocenters. The van der Waals surface area contributed by atoms with Crippen LogP contribution in [0.25, 0.3) is 10.9 Å². The van der Waals surface area contributed by atoms with E-state index >= 15 is 0 Å². The van der Waals surface area contributed by atoms with Gasteiger partial charge in [-0.05, 0) is 25.5 Å². The predicted octanol–water partition coefficient (Wildman–Crippen LogP) is 2.36. The molecule has 1 atom stereocenters. The van der Waals surface area contributed by atoms with Crippen LogP contribution in [0.4, 0.5) is 11.4 Å². The van der Waals surface area contributed by atoms with Crippen molar-refractivity contribution in [3.8, 4) is 0 Å². The SMILES string of the molecule is CCC(C)Nc1cc2[nH]ncc2cc1N. The second kappa shape index (κ2) is 3.81. The second-order valence-electron chi connectivity index (χ2n) is 3.85. The van der Waals surface area contributed by atoms with Crippen molar-refractivity contribution in [2.45, 2.75) is 26.3 Å². The number of nitrogens with two attached hydrogens (primary N) is 1. The molecule has 0 bridgehead atoms. The van der Waals surface area contributed by atoms with E-state index in [1.54, 1.807) is 6.20 Å². The van der Waals surface area contributed by atoms with Crippen LogP contribution in [-0.4, -0.2) is 16.2 Å². The largest absolute Gasteiger partial charge is 0.397 e. The molecule has 2 rings (SSSR count). The van der Waals surface area contributed by atoms with Crippen LogP contribution in [0.5, 0.6) is 0 Å². The Hall–Kier alpha value is -1.71. The van der Waals surface area contributed by atoms with Gasteiger partial charge in [0.1, 0.15) is 0 Å². The molecule has 80 valence electrons. The molecule has 1 aromatic heterocycles. The molecule has 0 saturated carbocycles. The average molecular weight is 204 g/mol. The molecule has 0 fully saturated rings. The summed E-state index contributed by atoms with van der Waals surface area (Å²) >= 11 is 0. The van der Waals surface area contributed by atoms with Crippen molar-refractivity contribution in [2.75, 3.05) is 11.1 Å². The van der Waals surface area contributed by atoms with Gasteiger partial charge in [0, 0.05) is 11.4 Å². The normalized spacial score (nSPS) is 12.9. The molecule has 1 heterocycles. The molecule has 15 heavy (non-hydrogen) atoms. The summed E-state index contributed by atoms with van der Waals surface area (Å²) in [6.45, 7) is 4.28. The quantitative estimate of drug-likeness (QED) is 0.672. The number of benzene rings is 1. The maximum Gasteiger partial charge on any atom is 0.0672 e. The smallest absolute Gasteiger partial charge is 0.0672 e. The molecular weight excluding hydrogens is 188 g/mol. The number of rotatable bonds is 3. The van der Waals surface area contributed by atoms with E-state index in [0.717, 1.165) is 28.7 Å². The Balaban J connectivity index is 2.37.